The third-order valence-electron chi connectivity index (χ3n) is 2.39. The highest BCUT2D eigenvalue weighted by molar-refractivity contribution is 8.17. The summed E-state index contributed by atoms with van der Waals surface area (Å²) < 4.78 is 23.4. The molecule has 0 saturated heterocycles. The summed E-state index contributed by atoms with van der Waals surface area (Å²) in [6.07, 6.45) is 10.9. The topological polar surface area (TPSA) is 82.7 Å². The van der Waals surface area contributed by atoms with Crippen molar-refractivity contribution in [2.75, 3.05) is 0 Å². The summed E-state index contributed by atoms with van der Waals surface area (Å²) in [6.45, 7) is 3.73. The Hall–Kier alpha value is -1.88. The molecule has 1 aliphatic rings. The standard InChI is InChI=1S/C14H14N2O3S2/c1-3-5-6-7-11(4-2)13(10-15)12-8-9-20-14(12)16-19-21(17)18/h3-9H,1-2H3,(H,17,18)/b5-3-,7-6-,11-4+,13-12-,16-14-. The van der Waals surface area contributed by atoms with Crippen molar-refractivity contribution < 1.29 is 13.0 Å². The van der Waals surface area contributed by atoms with Crippen LogP contribution in [0.3, 0.4) is 0 Å². The Bertz CT molecular complexity index is 635. The quantitative estimate of drug-likeness (QED) is 0.362. The van der Waals surface area contributed by atoms with E-state index in [1.54, 1.807) is 11.5 Å². The molecule has 0 aromatic carbocycles. The van der Waals surface area contributed by atoms with Crippen molar-refractivity contribution in [3.8, 4) is 6.07 Å². The van der Waals surface area contributed by atoms with Crippen LogP contribution in [0.15, 0.2) is 63.7 Å². The van der Waals surface area contributed by atoms with Gasteiger partial charge in [0.2, 0.25) is 0 Å². The Balaban J connectivity index is 3.21. The van der Waals surface area contributed by atoms with E-state index >= 15 is 0 Å². The van der Waals surface area contributed by atoms with Gasteiger partial charge in [0.05, 0.1) is 5.57 Å². The molecule has 5 nitrogen and oxygen atoms in total. The Morgan fingerprint density at radius 2 is 2.29 bits per heavy atom. The highest BCUT2D eigenvalue weighted by Gasteiger charge is 2.18. The van der Waals surface area contributed by atoms with Gasteiger partial charge in [-0.05, 0) is 30.9 Å². The van der Waals surface area contributed by atoms with Crippen LogP contribution in [-0.2, 0) is 15.6 Å². The van der Waals surface area contributed by atoms with E-state index in [4.69, 9.17) is 4.55 Å². The zero-order valence-electron chi connectivity index (χ0n) is 11.5. The van der Waals surface area contributed by atoms with Crippen LogP contribution in [0.4, 0.5) is 0 Å². The van der Waals surface area contributed by atoms with Crippen molar-refractivity contribution in [2.45, 2.75) is 13.8 Å². The molecule has 0 aliphatic carbocycles. The van der Waals surface area contributed by atoms with Crippen LogP contribution < -0.4 is 0 Å². The lowest BCUT2D eigenvalue weighted by Gasteiger charge is -2.04. The summed E-state index contributed by atoms with van der Waals surface area (Å²) in [5.41, 5.74) is 1.72. The molecule has 1 atom stereocenters. The number of oxime groups is 1. The van der Waals surface area contributed by atoms with Crippen molar-refractivity contribution in [2.24, 2.45) is 5.16 Å². The summed E-state index contributed by atoms with van der Waals surface area (Å²) >= 11 is -1.27. The van der Waals surface area contributed by atoms with Crippen LogP contribution in [0, 0.1) is 11.3 Å². The van der Waals surface area contributed by atoms with Gasteiger partial charge in [-0.3, -0.25) is 8.84 Å². The predicted molar refractivity (Wildman–Crippen MR) is 86.4 cm³/mol. The fraction of sp³-hybridized carbons (Fsp3) is 0.143. The smallest absolute Gasteiger partial charge is 0.273 e. The fourth-order valence-electron chi connectivity index (χ4n) is 1.50. The van der Waals surface area contributed by atoms with E-state index < -0.39 is 11.4 Å². The first-order chi connectivity index (χ1) is 10.1. The maximum absolute atomic E-state index is 10.5. The normalized spacial score (nSPS) is 21.2. The van der Waals surface area contributed by atoms with Crippen LogP contribution >= 0.6 is 11.8 Å². The molecule has 0 saturated carbocycles. The Morgan fingerprint density at radius 1 is 1.52 bits per heavy atom. The van der Waals surface area contributed by atoms with Crippen molar-refractivity contribution >= 4 is 28.2 Å². The molecule has 21 heavy (non-hydrogen) atoms. The Labute approximate surface area is 130 Å². The van der Waals surface area contributed by atoms with Crippen LogP contribution in [0.2, 0.25) is 0 Å². The fourth-order valence-corrected chi connectivity index (χ4v) is 2.40. The first-order valence-electron chi connectivity index (χ1n) is 5.94. The van der Waals surface area contributed by atoms with Crippen LogP contribution in [0.5, 0.6) is 0 Å². The monoisotopic (exact) mass is 322 g/mol. The highest BCUT2D eigenvalue weighted by atomic mass is 32.2. The number of hydrogen-bond acceptors (Lipinski definition) is 5. The van der Waals surface area contributed by atoms with Gasteiger partial charge in [0.1, 0.15) is 11.1 Å². The van der Waals surface area contributed by atoms with Gasteiger partial charge in [0.25, 0.3) is 0 Å². The molecule has 0 amide bonds. The second kappa shape index (κ2) is 9.13. The zero-order chi connectivity index (χ0) is 15.7. The van der Waals surface area contributed by atoms with Crippen molar-refractivity contribution in [3.05, 3.63) is 58.6 Å². The first-order valence-corrected chi connectivity index (χ1v) is 7.85. The minimum Gasteiger partial charge on any atom is -0.273 e. The van der Waals surface area contributed by atoms with Gasteiger partial charge < -0.3 is 0 Å². The third-order valence-corrected chi connectivity index (χ3v) is 3.38. The molecular weight excluding hydrogens is 308 g/mol. The summed E-state index contributed by atoms with van der Waals surface area (Å²) in [7, 11) is 0. The maximum Gasteiger partial charge on any atom is 0.378 e. The second-order valence-electron chi connectivity index (χ2n) is 3.64. The summed E-state index contributed by atoms with van der Waals surface area (Å²) in [5, 5.41) is 15.1. The van der Waals surface area contributed by atoms with Gasteiger partial charge in [0, 0.05) is 5.57 Å². The number of hydrogen-bond donors (Lipinski definition) is 1. The average molecular weight is 322 g/mol. The predicted octanol–water partition coefficient (Wildman–Crippen LogP) is 3.61. The number of nitriles is 1. The largest absolute Gasteiger partial charge is 0.378 e. The minimum atomic E-state index is -2.48. The molecule has 0 aromatic heterocycles. The van der Waals surface area contributed by atoms with Gasteiger partial charge in [-0.1, -0.05) is 47.3 Å². The van der Waals surface area contributed by atoms with E-state index in [1.807, 2.05) is 44.2 Å². The molecule has 0 fully saturated rings. The molecule has 1 unspecified atom stereocenters. The van der Waals surface area contributed by atoms with E-state index in [9.17, 15) is 9.47 Å². The molecule has 1 heterocycles. The third kappa shape index (κ3) is 5.19. The molecule has 1 rings (SSSR count). The molecule has 1 N–H and O–H groups in total. The zero-order valence-corrected chi connectivity index (χ0v) is 13.1. The average Bonchev–Trinajstić information content (AvgIpc) is 2.92. The van der Waals surface area contributed by atoms with Crippen LogP contribution in [-0.4, -0.2) is 13.8 Å². The number of rotatable bonds is 5. The van der Waals surface area contributed by atoms with Crippen molar-refractivity contribution in [1.82, 2.24) is 0 Å². The van der Waals surface area contributed by atoms with Gasteiger partial charge in [-0.25, -0.2) is 0 Å². The minimum absolute atomic E-state index is 0.368. The number of thioether (sulfide) groups is 1. The SMILES string of the molecule is C\C=C/C=C\C(=C/C)C(\C#N)=C1\C=CS\C1=N/OS(=O)O. The van der Waals surface area contributed by atoms with Crippen molar-refractivity contribution in [1.29, 1.82) is 5.26 Å². The number of nitrogens with zero attached hydrogens (tertiary/aromatic N) is 2. The van der Waals surface area contributed by atoms with Gasteiger partial charge >= 0.3 is 11.4 Å². The molecule has 110 valence electrons. The van der Waals surface area contributed by atoms with Crippen LogP contribution in [0.1, 0.15) is 13.8 Å². The lowest BCUT2D eigenvalue weighted by molar-refractivity contribution is 0.327. The van der Waals surface area contributed by atoms with E-state index in [2.05, 4.69) is 15.5 Å². The molecule has 0 spiro atoms. The first kappa shape index (κ1) is 17.2. The summed E-state index contributed by atoms with van der Waals surface area (Å²) in [6, 6.07) is 2.14. The molecule has 0 bridgehead atoms. The van der Waals surface area contributed by atoms with E-state index in [1.165, 1.54) is 11.8 Å². The molecule has 0 radical (unpaired) electrons. The second-order valence-corrected chi connectivity index (χ2v) is 5.12. The summed E-state index contributed by atoms with van der Waals surface area (Å²) in [5.74, 6) is 0. The molecule has 1 aliphatic heterocycles. The lowest BCUT2D eigenvalue weighted by atomic mass is 10.0. The van der Waals surface area contributed by atoms with Gasteiger partial charge in [0.15, 0.2) is 0 Å². The summed E-state index contributed by atoms with van der Waals surface area (Å²) in [4.78, 5) is 0. The maximum atomic E-state index is 10.5. The number of allylic oxidation sites excluding steroid dienone is 8. The van der Waals surface area contributed by atoms with Gasteiger partial charge in [-0.15, -0.1) is 0 Å². The highest BCUT2D eigenvalue weighted by Crippen LogP contribution is 2.29. The Morgan fingerprint density at radius 3 is 2.86 bits per heavy atom. The van der Waals surface area contributed by atoms with Gasteiger partial charge in [-0.2, -0.15) is 9.47 Å². The molecule has 7 heteroatoms. The Kier molecular flexibility index (Phi) is 7.46. The van der Waals surface area contributed by atoms with Crippen LogP contribution in [0.25, 0.3) is 0 Å². The van der Waals surface area contributed by atoms with E-state index in [-0.39, 0.29) is 0 Å². The van der Waals surface area contributed by atoms with E-state index in [0.717, 1.165) is 5.57 Å². The van der Waals surface area contributed by atoms with E-state index in [0.29, 0.717) is 16.2 Å². The lowest BCUT2D eigenvalue weighted by Crippen LogP contribution is -1.99. The molecular formula is C14H14N2O3S2. The molecule has 0 aromatic rings. The van der Waals surface area contributed by atoms with Crippen molar-refractivity contribution in [3.63, 3.8) is 0 Å².